The molecule has 0 spiro atoms. The Labute approximate surface area is 163 Å². The van der Waals surface area contributed by atoms with Gasteiger partial charge in [-0.15, -0.1) is 10.2 Å². The number of nitrogens with one attached hydrogen (secondary N) is 2. The Morgan fingerprint density at radius 2 is 1.85 bits per heavy atom. The Morgan fingerprint density at radius 1 is 1.15 bits per heavy atom. The maximum atomic E-state index is 12.3. The van der Waals surface area contributed by atoms with Crippen molar-refractivity contribution in [1.82, 2.24) is 20.2 Å². The monoisotopic (exact) mass is 422 g/mol. The first-order valence-electron chi connectivity index (χ1n) is 7.55. The van der Waals surface area contributed by atoms with E-state index < -0.39 is 10.0 Å². The second-order valence-electron chi connectivity index (χ2n) is 5.13. The summed E-state index contributed by atoms with van der Waals surface area (Å²) < 4.78 is 27.6. The zero-order chi connectivity index (χ0) is 19.3. The van der Waals surface area contributed by atoms with Crippen LogP contribution in [0.5, 0.6) is 0 Å². The summed E-state index contributed by atoms with van der Waals surface area (Å²) in [4.78, 5) is 19.7. The highest BCUT2D eigenvalue weighted by atomic mass is 32.2. The second-order valence-corrected chi connectivity index (χ2v) is 9.21. The van der Waals surface area contributed by atoms with Gasteiger partial charge in [-0.25, -0.2) is 23.1 Å². The first-order valence-corrected chi connectivity index (χ1v) is 10.8. The molecule has 3 aromatic rings. The lowest BCUT2D eigenvalue weighted by molar-refractivity contribution is -0.113. The number of carbonyl (C=O) groups excluding carboxylic acids is 1. The summed E-state index contributed by atoms with van der Waals surface area (Å²) in [6.07, 6.45) is 2.87. The minimum Gasteiger partial charge on any atom is -0.325 e. The Bertz CT molecular complexity index is 1020. The van der Waals surface area contributed by atoms with Crippen molar-refractivity contribution in [2.24, 2.45) is 0 Å². The van der Waals surface area contributed by atoms with Crippen LogP contribution in [0.3, 0.4) is 0 Å². The van der Waals surface area contributed by atoms with E-state index in [1.165, 1.54) is 59.8 Å². The molecule has 0 saturated carbocycles. The molecule has 0 saturated heterocycles. The van der Waals surface area contributed by atoms with Crippen LogP contribution in [0.1, 0.15) is 5.01 Å². The zero-order valence-corrected chi connectivity index (χ0v) is 16.4. The van der Waals surface area contributed by atoms with Crippen molar-refractivity contribution in [3.63, 3.8) is 0 Å². The lowest BCUT2D eigenvalue weighted by Gasteiger charge is -2.08. The summed E-state index contributed by atoms with van der Waals surface area (Å²) in [5, 5.41) is 11.4. The smallest absolute Gasteiger partial charge is 0.264 e. The van der Waals surface area contributed by atoms with Crippen LogP contribution in [-0.4, -0.2) is 40.2 Å². The predicted octanol–water partition coefficient (Wildman–Crippen LogP) is 2.17. The van der Waals surface area contributed by atoms with Crippen molar-refractivity contribution in [3.8, 4) is 0 Å². The molecule has 0 aliphatic heterocycles. The first-order chi connectivity index (χ1) is 12.9. The van der Waals surface area contributed by atoms with E-state index in [2.05, 4.69) is 30.2 Å². The van der Waals surface area contributed by atoms with Crippen molar-refractivity contribution in [2.45, 2.75) is 16.2 Å². The number of hydrogen-bond donors (Lipinski definition) is 2. The van der Waals surface area contributed by atoms with Crippen molar-refractivity contribution in [1.29, 1.82) is 0 Å². The zero-order valence-electron chi connectivity index (χ0n) is 14.0. The summed E-state index contributed by atoms with van der Waals surface area (Å²) in [5.74, 6) is -0.0558. The lowest BCUT2D eigenvalue weighted by atomic mass is 10.3. The molecule has 0 fully saturated rings. The molecule has 0 aliphatic rings. The van der Waals surface area contributed by atoms with Gasteiger partial charge in [-0.2, -0.15) is 0 Å². The molecule has 3 rings (SSSR count). The fourth-order valence-corrected chi connectivity index (χ4v) is 4.48. The Morgan fingerprint density at radius 3 is 2.48 bits per heavy atom. The van der Waals surface area contributed by atoms with E-state index in [1.54, 1.807) is 6.07 Å². The minimum atomic E-state index is -3.81. The lowest BCUT2D eigenvalue weighted by Crippen LogP contribution is -2.16. The third-order valence-corrected chi connectivity index (χ3v) is 6.39. The molecule has 0 radical (unpaired) electrons. The number of hydrogen-bond acceptors (Lipinski definition) is 9. The minimum absolute atomic E-state index is 0.0150. The standard InChI is InChI=1S/C15H14N6O3S3/c1-10-19-20-15(26-10)25-9-13(22)18-11-3-5-12(6-4-11)27(23,24)21-14-16-7-2-8-17-14/h2-8H,9H2,1H3,(H,18,22)(H,16,17,21). The van der Waals surface area contributed by atoms with Crippen LogP contribution < -0.4 is 10.0 Å². The molecular formula is C15H14N6O3S3. The van der Waals surface area contributed by atoms with Crippen LogP contribution in [0.25, 0.3) is 0 Å². The number of thioether (sulfide) groups is 1. The van der Waals surface area contributed by atoms with Crippen LogP contribution in [0.15, 0.2) is 52.0 Å². The highest BCUT2D eigenvalue weighted by Gasteiger charge is 2.15. The number of sulfonamides is 1. The third-order valence-electron chi connectivity index (χ3n) is 3.07. The summed E-state index contributed by atoms with van der Waals surface area (Å²) in [6.45, 7) is 1.84. The van der Waals surface area contributed by atoms with Crippen LogP contribution in [0.2, 0.25) is 0 Å². The SMILES string of the molecule is Cc1nnc(SCC(=O)Nc2ccc(S(=O)(=O)Nc3ncccn3)cc2)s1. The van der Waals surface area contributed by atoms with Gasteiger partial charge < -0.3 is 5.32 Å². The number of aromatic nitrogens is 4. The van der Waals surface area contributed by atoms with E-state index in [4.69, 9.17) is 0 Å². The van der Waals surface area contributed by atoms with Gasteiger partial charge in [0.05, 0.1) is 10.6 Å². The van der Waals surface area contributed by atoms with Gasteiger partial charge in [0.1, 0.15) is 5.01 Å². The number of nitrogens with zero attached hydrogens (tertiary/aromatic N) is 4. The molecule has 0 unspecified atom stereocenters. The number of benzene rings is 1. The van der Waals surface area contributed by atoms with Gasteiger partial charge in [0.2, 0.25) is 11.9 Å². The molecular weight excluding hydrogens is 408 g/mol. The number of anilines is 2. The van der Waals surface area contributed by atoms with Gasteiger partial charge in [0, 0.05) is 18.1 Å². The maximum Gasteiger partial charge on any atom is 0.264 e. The molecule has 1 amide bonds. The van der Waals surface area contributed by atoms with E-state index in [-0.39, 0.29) is 22.5 Å². The molecule has 12 heteroatoms. The number of rotatable bonds is 7. The molecule has 9 nitrogen and oxygen atoms in total. The van der Waals surface area contributed by atoms with Crippen molar-refractivity contribution >= 4 is 50.7 Å². The topological polar surface area (TPSA) is 127 Å². The van der Waals surface area contributed by atoms with E-state index in [0.29, 0.717) is 5.69 Å². The molecule has 0 bridgehead atoms. The van der Waals surface area contributed by atoms with Gasteiger partial charge in [0.15, 0.2) is 4.34 Å². The molecule has 2 aromatic heterocycles. The van der Waals surface area contributed by atoms with Gasteiger partial charge in [0.25, 0.3) is 10.0 Å². The van der Waals surface area contributed by atoms with E-state index in [1.807, 2.05) is 6.92 Å². The number of aryl methyl sites for hydroxylation is 1. The Kier molecular flexibility index (Phi) is 5.98. The van der Waals surface area contributed by atoms with E-state index in [0.717, 1.165) is 9.35 Å². The molecule has 2 N–H and O–H groups in total. The molecule has 27 heavy (non-hydrogen) atoms. The molecule has 140 valence electrons. The summed E-state index contributed by atoms with van der Waals surface area (Å²) in [5.41, 5.74) is 0.490. The van der Waals surface area contributed by atoms with Crippen molar-refractivity contribution in [2.75, 3.05) is 15.8 Å². The maximum absolute atomic E-state index is 12.3. The third kappa shape index (κ3) is 5.45. The average molecular weight is 423 g/mol. The number of amides is 1. The second kappa shape index (κ2) is 8.41. The Hall–Kier alpha value is -2.57. The highest BCUT2D eigenvalue weighted by Crippen LogP contribution is 2.22. The molecule has 0 aliphatic carbocycles. The van der Waals surface area contributed by atoms with Crippen LogP contribution >= 0.6 is 23.1 Å². The van der Waals surface area contributed by atoms with Gasteiger partial charge in [-0.05, 0) is 37.3 Å². The van der Waals surface area contributed by atoms with Gasteiger partial charge >= 0.3 is 0 Å². The molecule has 0 atom stereocenters. The van der Waals surface area contributed by atoms with E-state index >= 15 is 0 Å². The van der Waals surface area contributed by atoms with Crippen molar-refractivity contribution in [3.05, 3.63) is 47.7 Å². The van der Waals surface area contributed by atoms with E-state index in [9.17, 15) is 13.2 Å². The van der Waals surface area contributed by atoms with Crippen LogP contribution in [0.4, 0.5) is 11.6 Å². The fourth-order valence-electron chi connectivity index (χ4n) is 1.91. The summed E-state index contributed by atoms with van der Waals surface area (Å²) >= 11 is 2.71. The Balaban J connectivity index is 1.58. The average Bonchev–Trinajstić information content (AvgIpc) is 3.06. The van der Waals surface area contributed by atoms with Crippen molar-refractivity contribution < 1.29 is 13.2 Å². The first kappa shape index (κ1) is 19.2. The summed E-state index contributed by atoms with van der Waals surface area (Å²) in [7, 11) is -3.81. The largest absolute Gasteiger partial charge is 0.325 e. The van der Waals surface area contributed by atoms with Gasteiger partial charge in [-0.3, -0.25) is 4.79 Å². The highest BCUT2D eigenvalue weighted by molar-refractivity contribution is 8.01. The predicted molar refractivity (Wildman–Crippen MR) is 103 cm³/mol. The number of carbonyl (C=O) groups is 1. The molecule has 2 heterocycles. The van der Waals surface area contributed by atoms with Gasteiger partial charge in [-0.1, -0.05) is 23.1 Å². The normalized spacial score (nSPS) is 11.1. The quantitative estimate of drug-likeness (QED) is 0.555. The fraction of sp³-hybridized carbons (Fsp3) is 0.133. The van der Waals surface area contributed by atoms with Crippen LogP contribution in [-0.2, 0) is 14.8 Å². The molecule has 1 aromatic carbocycles. The van der Waals surface area contributed by atoms with Crippen LogP contribution in [0, 0.1) is 6.92 Å². The summed E-state index contributed by atoms with van der Waals surface area (Å²) in [6, 6.07) is 7.39.